The van der Waals surface area contributed by atoms with Crippen LogP contribution in [0, 0.1) is 11.6 Å². The summed E-state index contributed by atoms with van der Waals surface area (Å²) >= 11 is 0. The van der Waals surface area contributed by atoms with Crippen LogP contribution in [0.5, 0.6) is 0 Å². The van der Waals surface area contributed by atoms with Crippen LogP contribution in [0.25, 0.3) is 0 Å². The Balaban J connectivity index is 1.99. The van der Waals surface area contributed by atoms with E-state index in [0.717, 1.165) is 24.7 Å². The topological polar surface area (TPSA) is 63.0 Å². The smallest absolute Gasteiger partial charge is 0.315 e. The lowest BCUT2D eigenvalue weighted by molar-refractivity contribution is 0.428. The van der Waals surface area contributed by atoms with Gasteiger partial charge in [0.15, 0.2) is 0 Å². The molecular weight excluding hydrogens is 266 g/mol. The fraction of sp³-hybridized carbons (Fsp3) is 0.385. The highest BCUT2D eigenvalue weighted by Crippen LogP contribution is 2.15. The lowest BCUT2D eigenvalue weighted by Gasteiger charge is -2.06. The number of nitrogens with one attached hydrogen (secondary N) is 2. The Bertz CT molecular complexity index is 573. The first kappa shape index (κ1) is 14.4. The Kier molecular flexibility index (Phi) is 4.62. The van der Waals surface area contributed by atoms with Gasteiger partial charge in [-0.1, -0.05) is 12.0 Å². The van der Waals surface area contributed by atoms with E-state index in [1.165, 1.54) is 0 Å². The van der Waals surface area contributed by atoms with Gasteiger partial charge in [0.05, 0.1) is 6.04 Å². The van der Waals surface area contributed by atoms with Gasteiger partial charge in [-0.2, -0.15) is 0 Å². The first-order chi connectivity index (χ1) is 9.60. The molecule has 1 heterocycles. The Labute approximate surface area is 115 Å². The number of hydrogen-bond donors (Lipinski definition) is 2. The Morgan fingerprint density at radius 1 is 1.30 bits per heavy atom. The largest absolute Gasteiger partial charge is 0.406 e. The molecule has 1 aromatic heterocycles. The molecule has 0 amide bonds. The predicted octanol–water partition coefficient (Wildman–Crippen LogP) is 2.63. The number of hydrogen-bond acceptors (Lipinski definition) is 5. The van der Waals surface area contributed by atoms with Crippen molar-refractivity contribution < 1.29 is 13.2 Å². The van der Waals surface area contributed by atoms with E-state index in [1.807, 2.05) is 13.8 Å². The molecule has 20 heavy (non-hydrogen) atoms. The third kappa shape index (κ3) is 3.51. The average Bonchev–Trinajstić information content (AvgIpc) is 2.89. The van der Waals surface area contributed by atoms with E-state index in [4.69, 9.17) is 4.42 Å². The molecule has 0 aliphatic heterocycles. The zero-order chi connectivity index (χ0) is 14.5. The van der Waals surface area contributed by atoms with Gasteiger partial charge in [0.1, 0.15) is 11.6 Å². The molecule has 0 aliphatic carbocycles. The molecule has 2 rings (SSSR count). The fourth-order valence-electron chi connectivity index (χ4n) is 1.72. The van der Waals surface area contributed by atoms with Crippen LogP contribution >= 0.6 is 0 Å². The number of aromatic nitrogens is 2. The first-order valence-electron chi connectivity index (χ1n) is 6.34. The number of nitrogens with zero attached hydrogens (tertiary/aromatic N) is 2. The molecule has 0 saturated heterocycles. The van der Waals surface area contributed by atoms with Crippen LogP contribution in [0.15, 0.2) is 22.6 Å². The van der Waals surface area contributed by atoms with Crippen molar-refractivity contribution in [2.24, 2.45) is 0 Å². The average molecular weight is 282 g/mol. The molecule has 0 spiro atoms. The van der Waals surface area contributed by atoms with Crippen molar-refractivity contribution in [3.05, 3.63) is 41.3 Å². The van der Waals surface area contributed by atoms with Crippen molar-refractivity contribution in [1.29, 1.82) is 0 Å². The molecule has 2 aromatic rings. The molecule has 1 atom stereocenters. The van der Waals surface area contributed by atoms with Crippen LogP contribution in [-0.4, -0.2) is 16.7 Å². The molecule has 0 bridgehead atoms. The third-order valence-corrected chi connectivity index (χ3v) is 2.76. The highest BCUT2D eigenvalue weighted by molar-refractivity contribution is 5.25. The van der Waals surface area contributed by atoms with Crippen LogP contribution in [-0.2, 0) is 6.54 Å². The highest BCUT2D eigenvalue weighted by atomic mass is 19.1. The standard InChI is InChI=1S/C13H16F2N4O/c1-3-16-8(2)12-18-19-13(20-12)17-7-9-6-10(14)4-5-11(9)15/h4-6,8,16H,3,7H2,1-2H3,(H,17,19). The molecule has 5 nitrogen and oxygen atoms in total. The second-order valence-electron chi connectivity index (χ2n) is 4.31. The highest BCUT2D eigenvalue weighted by Gasteiger charge is 2.13. The van der Waals surface area contributed by atoms with Gasteiger partial charge in [-0.05, 0) is 31.7 Å². The quantitative estimate of drug-likeness (QED) is 0.852. The summed E-state index contributed by atoms with van der Waals surface area (Å²) in [5.41, 5.74) is 0.199. The van der Waals surface area contributed by atoms with E-state index < -0.39 is 11.6 Å². The summed E-state index contributed by atoms with van der Waals surface area (Å²) in [5.74, 6) is -0.538. The van der Waals surface area contributed by atoms with Crippen molar-refractivity contribution in [3.8, 4) is 0 Å². The summed E-state index contributed by atoms with van der Waals surface area (Å²) in [7, 11) is 0. The van der Waals surface area contributed by atoms with Gasteiger partial charge in [-0.3, -0.25) is 0 Å². The van der Waals surface area contributed by atoms with E-state index >= 15 is 0 Å². The van der Waals surface area contributed by atoms with Crippen LogP contribution in [0.4, 0.5) is 14.8 Å². The molecule has 7 heteroatoms. The third-order valence-electron chi connectivity index (χ3n) is 2.76. The summed E-state index contributed by atoms with van der Waals surface area (Å²) in [4.78, 5) is 0. The van der Waals surface area contributed by atoms with Gasteiger partial charge in [0, 0.05) is 12.1 Å². The lowest BCUT2D eigenvalue weighted by Crippen LogP contribution is -2.17. The minimum absolute atomic E-state index is 0.0612. The number of halogens is 2. The van der Waals surface area contributed by atoms with Crippen LogP contribution in [0.3, 0.4) is 0 Å². The van der Waals surface area contributed by atoms with Gasteiger partial charge < -0.3 is 15.1 Å². The molecule has 0 fully saturated rings. The maximum absolute atomic E-state index is 13.4. The van der Waals surface area contributed by atoms with Gasteiger partial charge in [-0.15, -0.1) is 5.10 Å². The van der Waals surface area contributed by atoms with Gasteiger partial charge in [-0.25, -0.2) is 8.78 Å². The second-order valence-corrected chi connectivity index (χ2v) is 4.31. The number of rotatable bonds is 6. The van der Waals surface area contributed by atoms with Gasteiger partial charge in [0.25, 0.3) is 0 Å². The number of anilines is 1. The van der Waals surface area contributed by atoms with Crippen molar-refractivity contribution in [3.63, 3.8) is 0 Å². The molecular formula is C13H16F2N4O. The summed E-state index contributed by atoms with van der Waals surface area (Å²) in [6.45, 7) is 4.72. The van der Waals surface area contributed by atoms with Crippen molar-refractivity contribution >= 4 is 6.01 Å². The van der Waals surface area contributed by atoms with Gasteiger partial charge >= 0.3 is 6.01 Å². The normalized spacial score (nSPS) is 12.4. The minimum atomic E-state index is -0.491. The molecule has 1 aromatic carbocycles. The van der Waals surface area contributed by atoms with Crippen LogP contribution in [0.1, 0.15) is 31.3 Å². The monoisotopic (exact) mass is 282 g/mol. The van der Waals surface area contributed by atoms with Crippen molar-refractivity contribution in [2.75, 3.05) is 11.9 Å². The van der Waals surface area contributed by atoms with Crippen molar-refractivity contribution in [1.82, 2.24) is 15.5 Å². The summed E-state index contributed by atoms with van der Waals surface area (Å²) in [6.07, 6.45) is 0. The molecule has 0 radical (unpaired) electrons. The fourth-order valence-corrected chi connectivity index (χ4v) is 1.72. The molecule has 0 saturated carbocycles. The predicted molar refractivity (Wildman–Crippen MR) is 70.1 cm³/mol. The second kappa shape index (κ2) is 6.42. The summed E-state index contributed by atoms with van der Waals surface area (Å²) in [5, 5.41) is 13.6. The zero-order valence-electron chi connectivity index (χ0n) is 11.3. The first-order valence-corrected chi connectivity index (χ1v) is 6.34. The van der Waals surface area contributed by atoms with E-state index in [2.05, 4.69) is 20.8 Å². The summed E-state index contributed by atoms with van der Waals surface area (Å²) < 4.78 is 31.8. The molecule has 108 valence electrons. The Hall–Kier alpha value is -2.02. The molecule has 1 unspecified atom stereocenters. The van der Waals surface area contributed by atoms with E-state index in [1.54, 1.807) is 0 Å². The van der Waals surface area contributed by atoms with E-state index in [9.17, 15) is 8.78 Å². The summed E-state index contributed by atoms with van der Waals surface area (Å²) in [6, 6.07) is 3.39. The zero-order valence-corrected chi connectivity index (χ0v) is 11.3. The van der Waals surface area contributed by atoms with E-state index in [0.29, 0.717) is 5.89 Å². The SMILES string of the molecule is CCNC(C)c1nnc(NCc2cc(F)ccc2F)o1. The maximum atomic E-state index is 13.4. The van der Waals surface area contributed by atoms with Crippen LogP contribution < -0.4 is 10.6 Å². The van der Waals surface area contributed by atoms with Crippen molar-refractivity contribution in [2.45, 2.75) is 26.4 Å². The Morgan fingerprint density at radius 2 is 2.10 bits per heavy atom. The Morgan fingerprint density at radius 3 is 2.85 bits per heavy atom. The van der Waals surface area contributed by atoms with E-state index in [-0.39, 0.29) is 24.2 Å². The maximum Gasteiger partial charge on any atom is 0.315 e. The van der Waals surface area contributed by atoms with Gasteiger partial charge in [0.2, 0.25) is 5.89 Å². The minimum Gasteiger partial charge on any atom is -0.406 e. The molecule has 0 aliphatic rings. The lowest BCUT2D eigenvalue weighted by atomic mass is 10.2. The van der Waals surface area contributed by atoms with Crippen LogP contribution in [0.2, 0.25) is 0 Å². The molecule has 2 N–H and O–H groups in total. The number of benzene rings is 1.